The Balaban J connectivity index is 2.00. The molecule has 0 unspecified atom stereocenters. The molecule has 23 heavy (non-hydrogen) atoms. The van der Waals surface area contributed by atoms with Crippen LogP contribution in [-0.2, 0) is 0 Å². The van der Waals surface area contributed by atoms with Crippen LogP contribution < -0.4 is 0 Å². The summed E-state index contributed by atoms with van der Waals surface area (Å²) < 4.78 is 5.37. The molecule has 118 valence electrons. The number of benzene rings is 1. The lowest BCUT2D eigenvalue weighted by Crippen LogP contribution is -2.48. The Kier molecular flexibility index (Phi) is 4.42. The van der Waals surface area contributed by atoms with Gasteiger partial charge in [0.1, 0.15) is 5.52 Å². The molecule has 0 spiro atoms. The van der Waals surface area contributed by atoms with Gasteiger partial charge in [-0.1, -0.05) is 41.6 Å². The van der Waals surface area contributed by atoms with Crippen LogP contribution >= 0.6 is 0 Å². The molecular weight excluding hydrogens is 288 g/mol. The smallest absolute Gasteiger partial charge is 0.293 e. The average Bonchev–Trinajstić information content (AvgIpc) is 2.99. The Morgan fingerprint density at radius 1 is 1.30 bits per heavy atom. The molecule has 4 nitrogen and oxygen atoms in total. The average molecular weight is 308 g/mol. The minimum absolute atomic E-state index is 0.0115. The van der Waals surface area contributed by atoms with E-state index in [2.05, 4.69) is 30.5 Å². The Morgan fingerprint density at radius 3 is 2.87 bits per heavy atom. The van der Waals surface area contributed by atoms with Crippen LogP contribution in [0.15, 0.2) is 66.3 Å². The van der Waals surface area contributed by atoms with E-state index >= 15 is 0 Å². The van der Waals surface area contributed by atoms with Crippen molar-refractivity contribution < 1.29 is 9.32 Å². The summed E-state index contributed by atoms with van der Waals surface area (Å²) in [5, 5.41) is 4.75. The fraction of sp³-hybridized carbons (Fsp3) is 0.263. The third-order valence-electron chi connectivity index (χ3n) is 4.18. The number of nitrogens with zero attached hydrogens (tertiary/aromatic N) is 2. The number of aromatic nitrogens is 1. The quantitative estimate of drug-likeness (QED) is 0.781. The molecule has 0 bridgehead atoms. The van der Waals surface area contributed by atoms with Crippen LogP contribution in [0.5, 0.6) is 0 Å². The summed E-state index contributed by atoms with van der Waals surface area (Å²) in [6.45, 7) is 7.62. The fourth-order valence-corrected chi connectivity index (χ4v) is 3.11. The Labute approximate surface area is 135 Å². The zero-order chi connectivity index (χ0) is 16.2. The molecule has 0 radical (unpaired) electrons. The topological polar surface area (TPSA) is 46.3 Å². The van der Waals surface area contributed by atoms with Crippen molar-refractivity contribution in [3.63, 3.8) is 0 Å². The molecule has 1 aliphatic rings. The second-order valence-electron chi connectivity index (χ2n) is 5.68. The van der Waals surface area contributed by atoms with Gasteiger partial charge in [0, 0.05) is 6.04 Å². The first-order valence-corrected chi connectivity index (χ1v) is 7.81. The summed E-state index contributed by atoms with van der Waals surface area (Å²) >= 11 is 0. The van der Waals surface area contributed by atoms with E-state index < -0.39 is 0 Å². The van der Waals surface area contributed by atoms with Crippen molar-refractivity contribution in [2.24, 2.45) is 0 Å². The third-order valence-corrected chi connectivity index (χ3v) is 4.18. The largest absolute Gasteiger partial charge is 0.350 e. The monoisotopic (exact) mass is 308 g/mol. The summed E-state index contributed by atoms with van der Waals surface area (Å²) in [5.74, 6) is 0.181. The van der Waals surface area contributed by atoms with Crippen LogP contribution in [0.4, 0.5) is 0 Å². The number of carbonyl (C=O) groups is 1. The van der Waals surface area contributed by atoms with Crippen molar-refractivity contribution in [1.82, 2.24) is 10.1 Å². The van der Waals surface area contributed by atoms with Gasteiger partial charge in [-0.3, -0.25) is 4.79 Å². The fourth-order valence-electron chi connectivity index (χ4n) is 3.11. The lowest BCUT2D eigenvalue weighted by molar-refractivity contribution is 0.0568. The number of carbonyl (C=O) groups excluding carboxylic acids is 1. The van der Waals surface area contributed by atoms with Gasteiger partial charge in [0.2, 0.25) is 5.76 Å². The molecule has 2 heterocycles. The van der Waals surface area contributed by atoms with Crippen LogP contribution in [-0.4, -0.2) is 28.0 Å². The van der Waals surface area contributed by atoms with E-state index in [0.29, 0.717) is 17.7 Å². The summed E-state index contributed by atoms with van der Waals surface area (Å²) in [6, 6.07) is 7.54. The third kappa shape index (κ3) is 2.84. The van der Waals surface area contributed by atoms with Crippen molar-refractivity contribution in [3.8, 4) is 0 Å². The summed E-state index contributed by atoms with van der Waals surface area (Å²) in [6.07, 6.45) is 10.2. The zero-order valence-electron chi connectivity index (χ0n) is 13.0. The first-order chi connectivity index (χ1) is 11.3. The maximum Gasteiger partial charge on any atom is 0.293 e. The molecular formula is C19H20N2O2. The van der Waals surface area contributed by atoms with Crippen molar-refractivity contribution in [1.29, 1.82) is 0 Å². The highest BCUT2D eigenvalue weighted by atomic mass is 16.5. The van der Waals surface area contributed by atoms with Gasteiger partial charge in [-0.25, -0.2) is 0 Å². The number of rotatable bonds is 5. The van der Waals surface area contributed by atoms with Gasteiger partial charge in [-0.2, -0.15) is 0 Å². The molecule has 0 saturated heterocycles. The van der Waals surface area contributed by atoms with E-state index in [9.17, 15) is 4.79 Å². The number of amides is 1. The highest BCUT2D eigenvalue weighted by Gasteiger charge is 2.33. The van der Waals surface area contributed by atoms with Crippen molar-refractivity contribution in [2.45, 2.75) is 31.3 Å². The predicted octanol–water partition coefficient (Wildman–Crippen LogP) is 4.12. The molecule has 2 atom stereocenters. The molecule has 0 aliphatic carbocycles. The lowest BCUT2D eigenvalue weighted by Gasteiger charge is -2.38. The summed E-state index contributed by atoms with van der Waals surface area (Å²) in [5.41, 5.74) is 0.698. The van der Waals surface area contributed by atoms with E-state index in [-0.39, 0.29) is 18.0 Å². The maximum atomic E-state index is 13.1. The highest BCUT2D eigenvalue weighted by molar-refractivity contribution is 6.04. The van der Waals surface area contributed by atoms with Crippen molar-refractivity contribution >= 4 is 16.8 Å². The van der Waals surface area contributed by atoms with Gasteiger partial charge in [-0.05, 0) is 31.4 Å². The van der Waals surface area contributed by atoms with E-state index in [0.717, 1.165) is 18.2 Å². The Hall–Kier alpha value is -2.62. The molecule has 1 amide bonds. The first kappa shape index (κ1) is 15.3. The first-order valence-electron chi connectivity index (χ1n) is 7.81. The predicted molar refractivity (Wildman–Crippen MR) is 91.1 cm³/mol. The van der Waals surface area contributed by atoms with Crippen LogP contribution in [0.1, 0.15) is 29.8 Å². The molecule has 0 saturated carbocycles. The van der Waals surface area contributed by atoms with E-state index in [1.165, 1.54) is 0 Å². The van der Waals surface area contributed by atoms with Crippen molar-refractivity contribution in [3.05, 3.63) is 67.5 Å². The van der Waals surface area contributed by atoms with Crippen LogP contribution in [0.25, 0.3) is 10.9 Å². The maximum absolute atomic E-state index is 13.1. The molecule has 0 N–H and O–H groups in total. The van der Waals surface area contributed by atoms with Gasteiger partial charge >= 0.3 is 0 Å². The molecule has 4 heteroatoms. The second-order valence-corrected chi connectivity index (χ2v) is 5.68. The van der Waals surface area contributed by atoms with Gasteiger partial charge in [0.15, 0.2) is 0 Å². The normalized spacial score (nSPS) is 20.6. The molecule has 1 aliphatic heterocycles. The van der Waals surface area contributed by atoms with Crippen molar-refractivity contribution in [2.75, 3.05) is 0 Å². The van der Waals surface area contributed by atoms with Crippen LogP contribution in [0, 0.1) is 0 Å². The molecule has 1 aromatic carbocycles. The standard InChI is InChI=1S/C19H20N2O2/c1-3-8-14-10-7-11-15(9-4-2)21(14)19(22)18-16-12-5-6-13-17(16)20-23-18/h3-7,10,12-15H,1-2,8-9,11H2/t14-,15-/m1/s1. The van der Waals surface area contributed by atoms with E-state index in [4.69, 9.17) is 4.52 Å². The van der Waals surface area contributed by atoms with E-state index in [1.54, 1.807) is 0 Å². The summed E-state index contributed by atoms with van der Waals surface area (Å²) in [4.78, 5) is 15.0. The van der Waals surface area contributed by atoms with E-state index in [1.807, 2.05) is 41.3 Å². The molecule has 0 fully saturated rings. The van der Waals surface area contributed by atoms with Gasteiger partial charge in [0.05, 0.1) is 11.4 Å². The zero-order valence-corrected chi connectivity index (χ0v) is 13.0. The second kappa shape index (κ2) is 6.65. The SMILES string of the molecule is C=CC[C@@H]1CC=C[C@@H](CC=C)N1C(=O)c1onc2ccccc12. The minimum Gasteiger partial charge on any atom is -0.350 e. The Bertz CT molecular complexity index is 760. The highest BCUT2D eigenvalue weighted by Crippen LogP contribution is 2.27. The van der Waals surface area contributed by atoms with Gasteiger partial charge in [-0.15, -0.1) is 13.2 Å². The molecule has 1 aromatic heterocycles. The van der Waals surface area contributed by atoms with Gasteiger partial charge in [0.25, 0.3) is 5.91 Å². The number of fused-ring (bicyclic) bond motifs is 1. The van der Waals surface area contributed by atoms with Gasteiger partial charge < -0.3 is 9.42 Å². The Morgan fingerprint density at radius 2 is 2.09 bits per heavy atom. The number of hydrogen-bond acceptors (Lipinski definition) is 3. The lowest BCUT2D eigenvalue weighted by atomic mass is 9.97. The van der Waals surface area contributed by atoms with Crippen LogP contribution in [0.3, 0.4) is 0 Å². The number of hydrogen-bond donors (Lipinski definition) is 0. The summed E-state index contributed by atoms with van der Waals surface area (Å²) in [7, 11) is 0. The van der Waals surface area contributed by atoms with Crippen LogP contribution in [0.2, 0.25) is 0 Å². The molecule has 3 rings (SSSR count). The molecule has 2 aromatic rings. The minimum atomic E-state index is -0.123.